The van der Waals surface area contributed by atoms with Gasteiger partial charge in [-0.3, -0.25) is 17.9 Å². The van der Waals surface area contributed by atoms with Crippen LogP contribution in [0.25, 0.3) is 89.3 Å². The zero-order valence-corrected chi connectivity index (χ0v) is 47.2. The summed E-state index contributed by atoms with van der Waals surface area (Å²) in [6.45, 7) is 25.7. The molecule has 0 saturated carbocycles. The number of benzene rings is 8. The smallest absolute Gasteiger partial charge is 0.220 e. The van der Waals surface area contributed by atoms with Crippen LogP contribution in [0, 0.1) is 0 Å². The summed E-state index contributed by atoms with van der Waals surface area (Å²) in [5.74, 6) is 3.74. The summed E-state index contributed by atoms with van der Waals surface area (Å²) in [6, 6.07) is 55.1. The first-order valence-electron chi connectivity index (χ1n) is 29.8. The molecule has 8 aromatic carbocycles. The average Bonchev–Trinajstić information content (AvgIpc) is 4.45. The van der Waals surface area contributed by atoms with Crippen LogP contribution < -0.4 is 9.80 Å². The van der Waals surface area contributed by atoms with E-state index in [4.69, 9.17) is 14.1 Å². The first kappa shape index (κ1) is 46.0. The molecule has 392 valence electrons. The Balaban J connectivity index is 1.08. The van der Waals surface area contributed by atoms with Crippen LogP contribution in [-0.2, 0) is 0 Å². The molecule has 1 aliphatic heterocycles. The van der Waals surface area contributed by atoms with Gasteiger partial charge in [0.25, 0.3) is 0 Å². The topological polar surface area (TPSA) is 50.9 Å². The highest BCUT2D eigenvalue weighted by Crippen LogP contribution is 2.45. The molecule has 0 spiro atoms. The van der Waals surface area contributed by atoms with Gasteiger partial charge in [0, 0.05) is 16.8 Å². The number of para-hydroxylation sites is 4. The third-order valence-electron chi connectivity index (χ3n) is 16.7. The van der Waals surface area contributed by atoms with Crippen molar-refractivity contribution in [1.82, 2.24) is 27.9 Å². The van der Waals surface area contributed by atoms with Crippen molar-refractivity contribution in [3.8, 4) is 33.6 Å². The van der Waals surface area contributed by atoms with Crippen molar-refractivity contribution in [1.29, 1.82) is 0 Å². The molecule has 0 saturated heterocycles. The Kier molecular flexibility index (Phi) is 10.9. The van der Waals surface area contributed by atoms with Crippen LogP contribution >= 0.6 is 0 Å². The summed E-state index contributed by atoms with van der Waals surface area (Å²) < 4.78 is 34.6. The predicted molar refractivity (Wildman–Crippen MR) is 330 cm³/mol. The molecule has 0 atom stereocenters. The maximum atomic E-state index is 8.45. The zero-order chi connectivity index (χ0) is 56.7. The molecule has 0 fully saturated rings. The average molecular weight is 1030 g/mol. The van der Waals surface area contributed by atoms with Crippen LogP contribution in [0.5, 0.6) is 0 Å². The minimum atomic E-state index is -2.31. The van der Waals surface area contributed by atoms with Gasteiger partial charge in [0.15, 0.2) is 0 Å². The number of nitrogens with zero attached hydrogens (tertiary/aromatic N) is 8. The zero-order valence-electron chi connectivity index (χ0n) is 50.2. The van der Waals surface area contributed by atoms with E-state index in [-0.39, 0.29) is 6.67 Å². The molecular formula is C70H72N8. The molecule has 0 amide bonds. The summed E-state index contributed by atoms with van der Waals surface area (Å²) in [4.78, 5) is 14.6. The Bertz CT molecular complexity index is 4420. The van der Waals surface area contributed by atoms with Crippen molar-refractivity contribution in [2.24, 2.45) is 0 Å². The van der Waals surface area contributed by atoms with E-state index in [0.717, 1.165) is 78.4 Å². The van der Waals surface area contributed by atoms with Gasteiger partial charge in [0.2, 0.25) is 11.6 Å². The number of imidazole rings is 4. The number of aromatic nitrogens is 6. The number of fused-ring (bicyclic) bond motifs is 11. The van der Waals surface area contributed by atoms with E-state index >= 15 is 0 Å². The molecular weight excluding hydrogens is 953 g/mol. The normalized spacial score (nSPS) is 14.0. The predicted octanol–water partition coefficient (Wildman–Crippen LogP) is 18.8. The van der Waals surface area contributed by atoms with Crippen LogP contribution in [0.4, 0.5) is 17.1 Å². The van der Waals surface area contributed by atoms with E-state index in [1.165, 1.54) is 60.5 Å². The summed E-state index contributed by atoms with van der Waals surface area (Å²) in [5.41, 5.74) is 25.7. The second kappa shape index (κ2) is 18.5. The minimum Gasteiger partial charge on any atom is -0.355 e. The number of rotatable bonds is 11. The highest BCUT2D eigenvalue weighted by atomic mass is 15.4. The third-order valence-corrected chi connectivity index (χ3v) is 16.7. The largest absolute Gasteiger partial charge is 0.355 e. The van der Waals surface area contributed by atoms with Gasteiger partial charge in [-0.2, -0.15) is 0 Å². The van der Waals surface area contributed by atoms with Crippen molar-refractivity contribution < 1.29 is 4.11 Å². The SMILES string of the molecule is [2H]C([2H])([2H])N1CN(c2cccc(-n3c4cc(-n5c6ccc(-c7c(C(C)C)cc(C(C)C)cc7C(C)C)cc6n6c7cc(-c8c(C(C)C)cc(C(C)C)cc8C(C)C)ccc7nc56)ccc4n4c5ccccc5nc34)c2)c2ccccc21. The molecule has 8 nitrogen and oxygen atoms in total. The second-order valence-electron chi connectivity index (χ2n) is 23.8. The molecule has 5 heterocycles. The molecule has 12 aromatic rings. The Hall–Kier alpha value is -8.10. The van der Waals surface area contributed by atoms with Crippen molar-refractivity contribution in [2.45, 2.75) is 119 Å². The van der Waals surface area contributed by atoms with Crippen molar-refractivity contribution >= 4 is 72.8 Å². The quantitative estimate of drug-likeness (QED) is 0.130. The molecule has 1 aliphatic rings. The maximum Gasteiger partial charge on any atom is 0.220 e. The highest BCUT2D eigenvalue weighted by molar-refractivity contribution is 5.98. The molecule has 0 aliphatic carbocycles. The fraction of sp³-hybridized carbons (Fsp3) is 0.286. The molecule has 0 bridgehead atoms. The van der Waals surface area contributed by atoms with E-state index < -0.39 is 6.98 Å². The number of hydrogen-bond donors (Lipinski definition) is 0. The van der Waals surface area contributed by atoms with Crippen molar-refractivity contribution in [3.63, 3.8) is 0 Å². The van der Waals surface area contributed by atoms with Crippen LogP contribution in [0.2, 0.25) is 0 Å². The summed E-state index contributed by atoms with van der Waals surface area (Å²) in [7, 11) is 0. The van der Waals surface area contributed by atoms with Gasteiger partial charge in [-0.05, 0) is 176 Å². The lowest BCUT2D eigenvalue weighted by Gasteiger charge is -2.23. The Morgan fingerprint density at radius 2 is 0.885 bits per heavy atom. The molecule has 8 heteroatoms. The molecule has 78 heavy (non-hydrogen) atoms. The van der Waals surface area contributed by atoms with E-state index in [9.17, 15) is 0 Å². The van der Waals surface area contributed by atoms with Gasteiger partial charge in [-0.1, -0.05) is 150 Å². The van der Waals surface area contributed by atoms with Gasteiger partial charge in [-0.25, -0.2) is 9.97 Å². The van der Waals surface area contributed by atoms with E-state index in [0.29, 0.717) is 41.2 Å². The van der Waals surface area contributed by atoms with Gasteiger partial charge < -0.3 is 9.80 Å². The summed E-state index contributed by atoms with van der Waals surface area (Å²) in [5, 5.41) is 0. The lowest BCUT2D eigenvalue weighted by molar-refractivity contribution is 0.807. The second-order valence-corrected chi connectivity index (χ2v) is 23.8. The Labute approximate surface area is 463 Å². The van der Waals surface area contributed by atoms with Crippen molar-refractivity contribution in [2.75, 3.05) is 23.4 Å². The standard InChI is InChI=1S/C70H72N8/c1-40(2)48-31-53(42(5)6)67(54(32-48)43(7)8)46-25-28-58-64(35-46)78-65-36-47(68-55(44(9)10)33-49(41(3)4)34-56(68)45(11)12)26-29-62(65)75(69(78)72-58)52-27-30-63-66(38-52)76(70-71-57-21-14-15-22-59(57)77(63)70)51-20-18-19-50(37-51)74-39-73(13)60-23-16-17-24-61(60)74/h14-38,40-45H,39H2,1-13H3/i13D3. The molecule has 13 rings (SSSR count). The highest BCUT2D eigenvalue weighted by Gasteiger charge is 2.28. The summed E-state index contributed by atoms with van der Waals surface area (Å²) >= 11 is 0. The monoisotopic (exact) mass is 1030 g/mol. The van der Waals surface area contributed by atoms with E-state index in [1.807, 2.05) is 30.3 Å². The van der Waals surface area contributed by atoms with E-state index in [2.05, 4.69) is 227 Å². The van der Waals surface area contributed by atoms with Crippen LogP contribution in [0.15, 0.2) is 152 Å². The maximum absolute atomic E-state index is 8.45. The molecule has 0 N–H and O–H groups in total. The van der Waals surface area contributed by atoms with Crippen LogP contribution in [-0.4, -0.2) is 41.5 Å². The molecule has 0 radical (unpaired) electrons. The number of anilines is 3. The van der Waals surface area contributed by atoms with E-state index in [1.54, 1.807) is 0 Å². The lowest BCUT2D eigenvalue weighted by atomic mass is 9.81. The Morgan fingerprint density at radius 3 is 1.49 bits per heavy atom. The lowest BCUT2D eigenvalue weighted by Crippen LogP contribution is -2.24. The fourth-order valence-corrected chi connectivity index (χ4v) is 12.6. The third kappa shape index (κ3) is 7.68. The fourth-order valence-electron chi connectivity index (χ4n) is 12.6. The molecule has 0 unspecified atom stereocenters. The summed E-state index contributed by atoms with van der Waals surface area (Å²) in [6.07, 6.45) is 0. The van der Waals surface area contributed by atoms with Gasteiger partial charge >= 0.3 is 0 Å². The molecule has 4 aromatic heterocycles. The van der Waals surface area contributed by atoms with Crippen LogP contribution in [0.3, 0.4) is 0 Å². The van der Waals surface area contributed by atoms with Gasteiger partial charge in [0.05, 0.1) is 73.6 Å². The van der Waals surface area contributed by atoms with Crippen molar-refractivity contribution in [3.05, 3.63) is 185 Å². The minimum absolute atomic E-state index is 0.195. The van der Waals surface area contributed by atoms with Gasteiger partial charge in [0.1, 0.15) is 0 Å². The Morgan fingerprint density at radius 1 is 0.385 bits per heavy atom. The first-order valence-corrected chi connectivity index (χ1v) is 28.3. The van der Waals surface area contributed by atoms with Crippen LogP contribution in [0.1, 0.15) is 156 Å². The number of hydrogen-bond acceptors (Lipinski definition) is 4. The first-order chi connectivity index (χ1) is 38.8. The van der Waals surface area contributed by atoms with Gasteiger partial charge in [-0.15, -0.1) is 0 Å².